The van der Waals surface area contributed by atoms with E-state index < -0.39 is 37.5 Å². The maximum atomic E-state index is 12.5. The van der Waals surface area contributed by atoms with Crippen LogP contribution in [0.4, 0.5) is 22.0 Å². The van der Waals surface area contributed by atoms with Crippen LogP contribution in [-0.4, -0.2) is 42.6 Å². The molecule has 0 aliphatic rings. The molecule has 0 heterocycles. The van der Waals surface area contributed by atoms with E-state index in [9.17, 15) is 22.0 Å². The van der Waals surface area contributed by atoms with Crippen LogP contribution < -0.4 is 5.73 Å². The zero-order chi connectivity index (χ0) is 13.9. The molecule has 0 fully saturated rings. The van der Waals surface area contributed by atoms with E-state index in [0.717, 1.165) is 0 Å². The number of alkyl halides is 5. The van der Waals surface area contributed by atoms with Crippen molar-refractivity contribution < 1.29 is 31.8 Å². The number of hydrogen-bond donors (Lipinski definition) is 2. The molecule has 0 aliphatic heterocycles. The molecular formula is C9H16F5NO2. The van der Waals surface area contributed by atoms with Crippen molar-refractivity contribution in [2.75, 3.05) is 13.2 Å². The molecule has 3 N–H and O–H groups in total. The van der Waals surface area contributed by atoms with Gasteiger partial charge in [0.25, 0.3) is 0 Å². The Morgan fingerprint density at radius 2 is 1.65 bits per heavy atom. The van der Waals surface area contributed by atoms with Crippen LogP contribution in [0, 0.1) is 5.92 Å². The summed E-state index contributed by atoms with van der Waals surface area (Å²) in [7, 11) is 0. The molecule has 0 aliphatic carbocycles. The Labute approximate surface area is 95.7 Å². The molecule has 2 atom stereocenters. The average Bonchev–Trinajstić information content (AvgIpc) is 2.16. The molecule has 17 heavy (non-hydrogen) atoms. The fourth-order valence-electron chi connectivity index (χ4n) is 1.01. The minimum atomic E-state index is -5.67. The zero-order valence-electron chi connectivity index (χ0n) is 9.47. The van der Waals surface area contributed by atoms with Crippen molar-refractivity contribution in [2.24, 2.45) is 11.7 Å². The highest BCUT2D eigenvalue weighted by atomic mass is 19.4. The van der Waals surface area contributed by atoms with Gasteiger partial charge in [0, 0.05) is 6.04 Å². The van der Waals surface area contributed by atoms with Gasteiger partial charge in [-0.05, 0) is 5.92 Å². The second-order valence-corrected chi connectivity index (χ2v) is 4.06. The third-order valence-corrected chi connectivity index (χ3v) is 2.27. The molecule has 0 bridgehead atoms. The molecule has 8 heteroatoms. The lowest BCUT2D eigenvalue weighted by Gasteiger charge is -2.28. The molecule has 0 aromatic rings. The molecule has 0 amide bonds. The summed E-state index contributed by atoms with van der Waals surface area (Å²) in [5.41, 5.74) is 5.50. The molecule has 0 aromatic carbocycles. The van der Waals surface area contributed by atoms with E-state index in [-0.39, 0.29) is 5.92 Å². The molecule has 2 unspecified atom stereocenters. The average molecular weight is 265 g/mol. The maximum absolute atomic E-state index is 12.5. The third kappa shape index (κ3) is 4.72. The van der Waals surface area contributed by atoms with Crippen molar-refractivity contribution in [3.8, 4) is 0 Å². The number of nitrogens with two attached hydrogens (primary N) is 1. The van der Waals surface area contributed by atoms with Gasteiger partial charge in [0.05, 0.1) is 12.7 Å². The summed E-state index contributed by atoms with van der Waals surface area (Å²) in [5.74, 6) is -5.16. The third-order valence-electron chi connectivity index (χ3n) is 2.27. The van der Waals surface area contributed by atoms with Gasteiger partial charge in [0.1, 0.15) is 6.61 Å². The highest BCUT2D eigenvalue weighted by molar-refractivity contribution is 4.80. The van der Waals surface area contributed by atoms with Crippen LogP contribution in [0.25, 0.3) is 0 Å². The lowest BCUT2D eigenvalue weighted by atomic mass is 10.00. The van der Waals surface area contributed by atoms with Crippen LogP contribution in [0.15, 0.2) is 0 Å². The predicted molar refractivity (Wildman–Crippen MR) is 50.6 cm³/mol. The maximum Gasteiger partial charge on any atom is 0.455 e. The topological polar surface area (TPSA) is 55.5 Å². The molecule has 104 valence electrons. The zero-order valence-corrected chi connectivity index (χ0v) is 9.47. The Morgan fingerprint density at radius 3 is 1.94 bits per heavy atom. The Hall–Kier alpha value is -0.470. The van der Waals surface area contributed by atoms with Crippen LogP contribution in [0.2, 0.25) is 0 Å². The summed E-state index contributed by atoms with van der Waals surface area (Å²) in [6.45, 7) is 0.715. The Morgan fingerprint density at radius 1 is 1.18 bits per heavy atom. The molecule has 3 nitrogen and oxygen atoms in total. The predicted octanol–water partition coefficient (Wildman–Crippen LogP) is 1.54. The number of halogens is 5. The largest absolute Gasteiger partial charge is 0.455 e. The molecule has 0 spiro atoms. The van der Waals surface area contributed by atoms with E-state index in [1.54, 1.807) is 13.8 Å². The lowest BCUT2D eigenvalue weighted by Crippen LogP contribution is -2.48. The van der Waals surface area contributed by atoms with Gasteiger partial charge in [-0.2, -0.15) is 22.0 Å². The second-order valence-electron chi connectivity index (χ2n) is 4.06. The Kier molecular flexibility index (Phi) is 5.76. The van der Waals surface area contributed by atoms with Gasteiger partial charge in [0.15, 0.2) is 0 Å². The van der Waals surface area contributed by atoms with E-state index in [1.165, 1.54) is 0 Å². The van der Waals surface area contributed by atoms with Gasteiger partial charge in [-0.3, -0.25) is 0 Å². The first-order valence-corrected chi connectivity index (χ1v) is 4.95. The summed E-state index contributed by atoms with van der Waals surface area (Å²) in [6, 6.07) is -0.816. The highest BCUT2D eigenvalue weighted by Crippen LogP contribution is 2.35. The van der Waals surface area contributed by atoms with E-state index in [2.05, 4.69) is 4.74 Å². The van der Waals surface area contributed by atoms with Crippen LogP contribution in [0.1, 0.15) is 13.8 Å². The van der Waals surface area contributed by atoms with E-state index >= 15 is 0 Å². The Balaban J connectivity index is 4.43. The second kappa shape index (κ2) is 5.92. The van der Waals surface area contributed by atoms with Gasteiger partial charge in [-0.1, -0.05) is 13.8 Å². The number of rotatable bonds is 6. The first-order chi connectivity index (χ1) is 7.53. The summed E-state index contributed by atoms with van der Waals surface area (Å²) in [4.78, 5) is 0. The highest BCUT2D eigenvalue weighted by Gasteiger charge is 2.58. The number of ether oxygens (including phenoxy) is 1. The molecule has 0 radical (unpaired) electrons. The number of aliphatic hydroxyl groups is 1. The molecule has 0 saturated carbocycles. The first kappa shape index (κ1) is 16.5. The van der Waals surface area contributed by atoms with Gasteiger partial charge in [-0.15, -0.1) is 0 Å². The van der Waals surface area contributed by atoms with Gasteiger partial charge in [-0.25, -0.2) is 0 Å². The summed E-state index contributed by atoms with van der Waals surface area (Å²) in [5, 5.41) is 8.81. The van der Waals surface area contributed by atoms with Crippen molar-refractivity contribution in [2.45, 2.75) is 38.1 Å². The van der Waals surface area contributed by atoms with Crippen LogP contribution in [-0.2, 0) is 4.74 Å². The Bertz CT molecular complexity index is 232. The fraction of sp³-hybridized carbons (Fsp3) is 1.00. The quantitative estimate of drug-likeness (QED) is 0.716. The number of aliphatic hydroxyl groups excluding tert-OH is 1. The monoisotopic (exact) mass is 265 g/mol. The van der Waals surface area contributed by atoms with Crippen molar-refractivity contribution in [1.29, 1.82) is 0 Å². The SMILES string of the molecule is CC(C)C(N)C(CO)OCC(F)(F)C(F)(F)F. The first-order valence-electron chi connectivity index (χ1n) is 4.95. The van der Waals surface area contributed by atoms with Crippen LogP contribution >= 0.6 is 0 Å². The van der Waals surface area contributed by atoms with Gasteiger partial charge in [0.2, 0.25) is 0 Å². The molecule has 0 rings (SSSR count). The molecular weight excluding hydrogens is 249 g/mol. The minimum absolute atomic E-state index is 0.216. The van der Waals surface area contributed by atoms with Crippen LogP contribution in [0.3, 0.4) is 0 Å². The van der Waals surface area contributed by atoms with Crippen molar-refractivity contribution in [1.82, 2.24) is 0 Å². The number of hydrogen-bond acceptors (Lipinski definition) is 3. The summed E-state index contributed by atoms with van der Waals surface area (Å²) >= 11 is 0. The van der Waals surface area contributed by atoms with E-state index in [4.69, 9.17) is 10.8 Å². The normalized spacial score (nSPS) is 17.3. The van der Waals surface area contributed by atoms with Crippen molar-refractivity contribution in [3.63, 3.8) is 0 Å². The fourth-order valence-corrected chi connectivity index (χ4v) is 1.01. The lowest BCUT2D eigenvalue weighted by molar-refractivity contribution is -0.301. The minimum Gasteiger partial charge on any atom is -0.394 e. The standard InChI is InChI=1S/C9H16F5NO2/c1-5(2)7(15)6(3-16)17-4-8(10,11)9(12,13)14/h5-7,16H,3-4,15H2,1-2H3. The van der Waals surface area contributed by atoms with Gasteiger partial charge < -0.3 is 15.6 Å². The summed E-state index contributed by atoms with van der Waals surface area (Å²) in [6.07, 6.45) is -6.92. The van der Waals surface area contributed by atoms with Gasteiger partial charge >= 0.3 is 12.1 Å². The molecule has 0 aromatic heterocycles. The van der Waals surface area contributed by atoms with Crippen molar-refractivity contribution >= 4 is 0 Å². The van der Waals surface area contributed by atoms with Crippen molar-refractivity contribution in [3.05, 3.63) is 0 Å². The smallest absolute Gasteiger partial charge is 0.394 e. The van der Waals surface area contributed by atoms with E-state index in [0.29, 0.717) is 0 Å². The van der Waals surface area contributed by atoms with E-state index in [1.807, 2.05) is 0 Å². The van der Waals surface area contributed by atoms with Crippen LogP contribution in [0.5, 0.6) is 0 Å². The summed E-state index contributed by atoms with van der Waals surface area (Å²) < 4.78 is 64.9. The molecule has 0 saturated heterocycles.